The topological polar surface area (TPSA) is 29.5 Å². The van der Waals surface area contributed by atoms with Gasteiger partial charge in [-0.3, -0.25) is 9.69 Å². The Bertz CT molecular complexity index is 459. The second-order valence-corrected chi connectivity index (χ2v) is 6.60. The molecule has 1 aromatic carbocycles. The number of hydrogen-bond acceptors (Lipinski definition) is 3. The Kier molecular flexibility index (Phi) is 4.48. The highest BCUT2D eigenvalue weighted by atomic mass is 16.5. The molecule has 20 heavy (non-hydrogen) atoms. The van der Waals surface area contributed by atoms with Crippen molar-refractivity contribution < 1.29 is 9.53 Å². The Morgan fingerprint density at radius 2 is 1.95 bits per heavy atom. The highest BCUT2D eigenvalue weighted by Gasteiger charge is 2.31. The van der Waals surface area contributed by atoms with E-state index in [0.717, 1.165) is 25.9 Å². The zero-order valence-corrected chi connectivity index (χ0v) is 13.0. The summed E-state index contributed by atoms with van der Waals surface area (Å²) in [6.45, 7) is 8.45. The van der Waals surface area contributed by atoms with Crippen LogP contribution in [0.25, 0.3) is 0 Å². The normalized spacial score (nSPS) is 20.1. The molecule has 1 saturated heterocycles. The molecule has 1 aliphatic heterocycles. The van der Waals surface area contributed by atoms with E-state index in [1.165, 1.54) is 18.2 Å². The molecule has 1 heterocycles. The van der Waals surface area contributed by atoms with E-state index in [1.807, 2.05) is 0 Å². The fourth-order valence-corrected chi connectivity index (χ4v) is 2.76. The molecule has 0 saturated carbocycles. The number of hydrogen-bond donors (Lipinski definition) is 0. The van der Waals surface area contributed by atoms with E-state index in [0.29, 0.717) is 0 Å². The molecule has 1 atom stereocenters. The number of likely N-dealkylation sites (tertiary alicyclic amines) is 1. The van der Waals surface area contributed by atoms with Gasteiger partial charge in [0.25, 0.3) is 0 Å². The van der Waals surface area contributed by atoms with Gasteiger partial charge in [-0.15, -0.1) is 0 Å². The number of benzene rings is 1. The molecule has 2 rings (SSSR count). The molecule has 0 aliphatic carbocycles. The van der Waals surface area contributed by atoms with E-state index in [4.69, 9.17) is 4.74 Å². The molecule has 0 bridgehead atoms. The molecular formula is C17H25NO2. The SMILES string of the molecule is COC(=O)C1CCCN1Cc1ccc(C(C)(C)C)cc1. The van der Waals surface area contributed by atoms with Crippen LogP contribution in [0.3, 0.4) is 0 Å². The fraction of sp³-hybridized carbons (Fsp3) is 0.588. The van der Waals surface area contributed by atoms with Gasteiger partial charge in [0.15, 0.2) is 0 Å². The summed E-state index contributed by atoms with van der Waals surface area (Å²) in [5.74, 6) is -0.103. The molecule has 110 valence electrons. The lowest BCUT2D eigenvalue weighted by atomic mass is 9.87. The second-order valence-electron chi connectivity index (χ2n) is 6.60. The summed E-state index contributed by atoms with van der Waals surface area (Å²) in [7, 11) is 1.47. The molecule has 1 aromatic rings. The van der Waals surface area contributed by atoms with Crippen LogP contribution in [0.5, 0.6) is 0 Å². The van der Waals surface area contributed by atoms with E-state index in [9.17, 15) is 4.79 Å². The Hall–Kier alpha value is -1.35. The Morgan fingerprint density at radius 1 is 1.30 bits per heavy atom. The number of rotatable bonds is 3. The quantitative estimate of drug-likeness (QED) is 0.794. The predicted octanol–water partition coefficient (Wildman–Crippen LogP) is 3.12. The van der Waals surface area contributed by atoms with Gasteiger partial charge in [-0.05, 0) is 35.9 Å². The minimum absolute atomic E-state index is 0.0673. The maximum absolute atomic E-state index is 11.7. The molecule has 0 radical (unpaired) electrons. The van der Waals surface area contributed by atoms with Crippen LogP contribution < -0.4 is 0 Å². The molecular weight excluding hydrogens is 250 g/mol. The van der Waals surface area contributed by atoms with Crippen molar-refractivity contribution in [3.8, 4) is 0 Å². The summed E-state index contributed by atoms with van der Waals surface area (Å²) in [6, 6.07) is 8.67. The van der Waals surface area contributed by atoms with Crippen LogP contribution in [0.1, 0.15) is 44.7 Å². The van der Waals surface area contributed by atoms with E-state index in [1.54, 1.807) is 0 Å². The van der Waals surface area contributed by atoms with Gasteiger partial charge in [0, 0.05) is 6.54 Å². The first-order valence-corrected chi connectivity index (χ1v) is 7.33. The van der Waals surface area contributed by atoms with Crippen molar-refractivity contribution >= 4 is 5.97 Å². The fourth-order valence-electron chi connectivity index (χ4n) is 2.76. The molecule has 0 spiro atoms. The predicted molar refractivity (Wildman–Crippen MR) is 80.6 cm³/mol. The number of methoxy groups -OCH3 is 1. The van der Waals surface area contributed by atoms with E-state index < -0.39 is 0 Å². The molecule has 0 amide bonds. The molecule has 3 heteroatoms. The van der Waals surface area contributed by atoms with Crippen LogP contribution in [-0.4, -0.2) is 30.6 Å². The largest absolute Gasteiger partial charge is 0.468 e. The lowest BCUT2D eigenvalue weighted by Gasteiger charge is -2.23. The van der Waals surface area contributed by atoms with Crippen LogP contribution in [0.2, 0.25) is 0 Å². The van der Waals surface area contributed by atoms with Gasteiger partial charge < -0.3 is 4.74 Å². The van der Waals surface area contributed by atoms with Crippen molar-refractivity contribution in [1.29, 1.82) is 0 Å². The zero-order valence-electron chi connectivity index (χ0n) is 13.0. The highest BCUT2D eigenvalue weighted by Crippen LogP contribution is 2.24. The van der Waals surface area contributed by atoms with Gasteiger partial charge in [-0.2, -0.15) is 0 Å². The third-order valence-corrected chi connectivity index (χ3v) is 4.04. The molecule has 3 nitrogen and oxygen atoms in total. The van der Waals surface area contributed by atoms with Gasteiger partial charge >= 0.3 is 5.97 Å². The first-order chi connectivity index (χ1) is 9.41. The first kappa shape index (κ1) is 15.0. The molecule has 0 N–H and O–H groups in total. The summed E-state index contributed by atoms with van der Waals surface area (Å²) in [5.41, 5.74) is 2.78. The van der Waals surface area contributed by atoms with Gasteiger partial charge in [-0.1, -0.05) is 45.0 Å². The molecule has 0 aromatic heterocycles. The van der Waals surface area contributed by atoms with E-state index >= 15 is 0 Å². The van der Waals surface area contributed by atoms with Crippen molar-refractivity contribution in [3.05, 3.63) is 35.4 Å². The van der Waals surface area contributed by atoms with Crippen molar-refractivity contribution in [2.24, 2.45) is 0 Å². The van der Waals surface area contributed by atoms with Crippen LogP contribution >= 0.6 is 0 Å². The summed E-state index contributed by atoms with van der Waals surface area (Å²) in [5, 5.41) is 0. The standard InChI is InChI=1S/C17H25NO2/c1-17(2,3)14-9-7-13(8-10-14)12-18-11-5-6-15(18)16(19)20-4/h7-10,15H,5-6,11-12H2,1-4H3. The molecule has 1 unspecified atom stereocenters. The first-order valence-electron chi connectivity index (χ1n) is 7.33. The van der Waals surface area contributed by atoms with Crippen LogP contribution in [0.15, 0.2) is 24.3 Å². The minimum atomic E-state index is -0.103. The number of esters is 1. The second kappa shape index (κ2) is 5.96. The number of nitrogens with zero attached hydrogens (tertiary/aromatic N) is 1. The number of carbonyl (C=O) groups is 1. The smallest absolute Gasteiger partial charge is 0.323 e. The third kappa shape index (κ3) is 3.40. The van der Waals surface area contributed by atoms with Gasteiger partial charge in [0.2, 0.25) is 0 Å². The third-order valence-electron chi connectivity index (χ3n) is 4.04. The van der Waals surface area contributed by atoms with E-state index in [-0.39, 0.29) is 17.4 Å². The monoisotopic (exact) mass is 275 g/mol. The van der Waals surface area contributed by atoms with Crippen LogP contribution in [-0.2, 0) is 21.5 Å². The zero-order chi connectivity index (χ0) is 14.8. The molecule has 1 fully saturated rings. The maximum atomic E-state index is 11.7. The average Bonchev–Trinajstić information content (AvgIpc) is 2.85. The minimum Gasteiger partial charge on any atom is -0.468 e. The van der Waals surface area contributed by atoms with Crippen molar-refractivity contribution in [1.82, 2.24) is 4.90 Å². The summed E-state index contributed by atoms with van der Waals surface area (Å²) in [6.07, 6.45) is 1.98. The lowest BCUT2D eigenvalue weighted by molar-refractivity contribution is -0.146. The number of carbonyl (C=O) groups excluding carboxylic acids is 1. The summed E-state index contributed by atoms with van der Waals surface area (Å²) >= 11 is 0. The maximum Gasteiger partial charge on any atom is 0.323 e. The Balaban J connectivity index is 2.04. The van der Waals surface area contributed by atoms with Crippen LogP contribution in [0, 0.1) is 0 Å². The summed E-state index contributed by atoms with van der Waals surface area (Å²) in [4.78, 5) is 14.0. The van der Waals surface area contributed by atoms with Crippen molar-refractivity contribution in [2.45, 2.75) is 51.6 Å². The van der Waals surface area contributed by atoms with Gasteiger partial charge in [0.05, 0.1) is 7.11 Å². The van der Waals surface area contributed by atoms with Crippen molar-refractivity contribution in [3.63, 3.8) is 0 Å². The average molecular weight is 275 g/mol. The molecule has 1 aliphatic rings. The Labute approximate surface area is 121 Å². The Morgan fingerprint density at radius 3 is 2.50 bits per heavy atom. The van der Waals surface area contributed by atoms with Gasteiger partial charge in [0.1, 0.15) is 6.04 Å². The van der Waals surface area contributed by atoms with Crippen LogP contribution in [0.4, 0.5) is 0 Å². The van der Waals surface area contributed by atoms with Crippen molar-refractivity contribution in [2.75, 3.05) is 13.7 Å². The highest BCUT2D eigenvalue weighted by molar-refractivity contribution is 5.75. The van der Waals surface area contributed by atoms with E-state index in [2.05, 4.69) is 49.9 Å². The lowest BCUT2D eigenvalue weighted by Crippen LogP contribution is -2.36. The summed E-state index contributed by atoms with van der Waals surface area (Å²) < 4.78 is 4.89. The van der Waals surface area contributed by atoms with Gasteiger partial charge in [-0.25, -0.2) is 0 Å². The number of ether oxygens (including phenoxy) is 1.